The van der Waals surface area contributed by atoms with Crippen LogP contribution in [0.25, 0.3) is 0 Å². The monoisotopic (exact) mass is 301 g/mol. The first kappa shape index (κ1) is 15.5. The topological polar surface area (TPSA) is 75.4 Å². The van der Waals surface area contributed by atoms with Gasteiger partial charge >= 0.3 is 0 Å². The second-order valence-corrected chi connectivity index (χ2v) is 7.33. The lowest BCUT2D eigenvalue weighted by Crippen LogP contribution is -2.38. The minimum absolute atomic E-state index is 0.0733. The van der Waals surface area contributed by atoms with Gasteiger partial charge in [0, 0.05) is 32.4 Å². The van der Waals surface area contributed by atoms with Crippen LogP contribution in [-0.2, 0) is 16.6 Å². The van der Waals surface area contributed by atoms with Gasteiger partial charge in [0.25, 0.3) is 0 Å². The Bertz CT molecular complexity index is 521. The molecular weight excluding hydrogens is 278 g/mol. The molecule has 0 saturated heterocycles. The fourth-order valence-electron chi connectivity index (χ4n) is 2.64. The molecule has 0 amide bonds. The highest BCUT2D eigenvalue weighted by atomic mass is 32.2. The van der Waals surface area contributed by atoms with Crippen LogP contribution in [0.15, 0.2) is 17.3 Å². The van der Waals surface area contributed by atoms with Crippen LogP contribution < -0.4 is 0 Å². The van der Waals surface area contributed by atoms with Gasteiger partial charge in [-0.1, -0.05) is 19.3 Å². The van der Waals surface area contributed by atoms with Crippen molar-refractivity contribution in [2.75, 3.05) is 13.7 Å². The number of aryl methyl sites for hydroxylation is 1. The summed E-state index contributed by atoms with van der Waals surface area (Å²) in [6.07, 6.45) is 8.78. The van der Waals surface area contributed by atoms with Gasteiger partial charge in [-0.05, 0) is 19.3 Å². The standard InChI is InChI=1S/C13H23N3O3S/c1-15(12-6-3-2-4-7-12)20(18,19)13-10-14-16(11-13)8-5-9-17/h10-12,17H,2-9H2,1H3. The van der Waals surface area contributed by atoms with E-state index in [9.17, 15) is 8.42 Å². The molecule has 1 fully saturated rings. The highest BCUT2D eigenvalue weighted by Crippen LogP contribution is 2.26. The Morgan fingerprint density at radius 2 is 2.10 bits per heavy atom. The minimum atomic E-state index is -3.46. The van der Waals surface area contributed by atoms with Crippen LogP contribution in [-0.4, -0.2) is 47.3 Å². The van der Waals surface area contributed by atoms with Crippen molar-refractivity contribution in [1.29, 1.82) is 0 Å². The number of aliphatic hydroxyl groups excluding tert-OH is 1. The van der Waals surface area contributed by atoms with Gasteiger partial charge in [-0.25, -0.2) is 8.42 Å². The number of hydrogen-bond donors (Lipinski definition) is 1. The first-order chi connectivity index (χ1) is 9.55. The maximum Gasteiger partial charge on any atom is 0.246 e. The van der Waals surface area contributed by atoms with Crippen molar-refractivity contribution < 1.29 is 13.5 Å². The molecule has 6 nitrogen and oxygen atoms in total. The number of sulfonamides is 1. The van der Waals surface area contributed by atoms with Gasteiger partial charge in [-0.2, -0.15) is 9.40 Å². The molecule has 1 saturated carbocycles. The first-order valence-corrected chi connectivity index (χ1v) is 8.61. The van der Waals surface area contributed by atoms with Crippen LogP contribution >= 0.6 is 0 Å². The highest BCUT2D eigenvalue weighted by Gasteiger charge is 2.29. The summed E-state index contributed by atoms with van der Waals surface area (Å²) in [5.41, 5.74) is 0. The Hall–Kier alpha value is -0.920. The molecule has 1 aromatic rings. The average molecular weight is 301 g/mol. The van der Waals surface area contributed by atoms with Crippen LogP contribution in [0, 0.1) is 0 Å². The normalized spacial score (nSPS) is 17.8. The van der Waals surface area contributed by atoms with Crippen molar-refractivity contribution >= 4 is 10.0 Å². The molecule has 114 valence electrons. The zero-order valence-corrected chi connectivity index (χ0v) is 12.7. The maximum absolute atomic E-state index is 12.5. The van der Waals surface area contributed by atoms with Crippen molar-refractivity contribution in [3.05, 3.63) is 12.4 Å². The Morgan fingerprint density at radius 1 is 1.40 bits per heavy atom. The largest absolute Gasteiger partial charge is 0.396 e. The molecule has 2 rings (SSSR count). The maximum atomic E-state index is 12.5. The summed E-state index contributed by atoms with van der Waals surface area (Å²) in [6, 6.07) is 0.106. The molecule has 0 spiro atoms. The third-order valence-electron chi connectivity index (χ3n) is 3.92. The van der Waals surface area contributed by atoms with Gasteiger partial charge in [0.2, 0.25) is 10.0 Å². The highest BCUT2D eigenvalue weighted by molar-refractivity contribution is 7.89. The Morgan fingerprint density at radius 3 is 2.75 bits per heavy atom. The molecular formula is C13H23N3O3S. The summed E-state index contributed by atoms with van der Waals surface area (Å²) in [5, 5.41) is 12.8. The summed E-state index contributed by atoms with van der Waals surface area (Å²) < 4.78 is 28.2. The lowest BCUT2D eigenvalue weighted by Gasteiger charge is -2.29. The van der Waals surface area contributed by atoms with Gasteiger partial charge in [-0.15, -0.1) is 0 Å². The van der Waals surface area contributed by atoms with E-state index in [1.165, 1.54) is 16.9 Å². The molecule has 0 unspecified atom stereocenters. The quantitative estimate of drug-likeness (QED) is 0.857. The molecule has 0 aliphatic heterocycles. The zero-order valence-electron chi connectivity index (χ0n) is 11.9. The lowest BCUT2D eigenvalue weighted by molar-refractivity contribution is 0.277. The fraction of sp³-hybridized carbons (Fsp3) is 0.769. The van der Waals surface area contributed by atoms with E-state index in [1.807, 2.05) is 0 Å². The number of aromatic nitrogens is 2. The minimum Gasteiger partial charge on any atom is -0.396 e. The predicted molar refractivity (Wildman–Crippen MR) is 75.8 cm³/mol. The molecule has 0 atom stereocenters. The van der Waals surface area contributed by atoms with Gasteiger partial charge in [-0.3, -0.25) is 4.68 Å². The second kappa shape index (κ2) is 6.69. The summed E-state index contributed by atoms with van der Waals surface area (Å²) in [6.45, 7) is 0.600. The molecule has 7 heteroatoms. The first-order valence-electron chi connectivity index (χ1n) is 7.17. The molecule has 1 aromatic heterocycles. The van der Waals surface area contributed by atoms with Crippen molar-refractivity contribution in [2.45, 2.75) is 56.0 Å². The van der Waals surface area contributed by atoms with Crippen LogP contribution in [0.2, 0.25) is 0 Å². The lowest BCUT2D eigenvalue weighted by atomic mass is 9.96. The Labute approximate surface area is 120 Å². The smallest absolute Gasteiger partial charge is 0.246 e. The van der Waals surface area contributed by atoms with E-state index in [2.05, 4.69) is 5.10 Å². The SMILES string of the molecule is CN(C1CCCCC1)S(=O)(=O)c1cnn(CCCO)c1. The fourth-order valence-corrected chi connectivity index (χ4v) is 4.01. The average Bonchev–Trinajstić information content (AvgIpc) is 2.94. The van der Waals surface area contributed by atoms with E-state index < -0.39 is 10.0 Å². The van der Waals surface area contributed by atoms with Crippen molar-refractivity contribution in [1.82, 2.24) is 14.1 Å². The predicted octanol–water partition coefficient (Wildman–Crippen LogP) is 1.22. The van der Waals surface area contributed by atoms with E-state index in [1.54, 1.807) is 17.9 Å². The number of hydrogen-bond acceptors (Lipinski definition) is 4. The molecule has 1 heterocycles. The summed E-state index contributed by atoms with van der Waals surface area (Å²) >= 11 is 0. The number of aliphatic hydroxyl groups is 1. The van der Waals surface area contributed by atoms with E-state index >= 15 is 0 Å². The molecule has 20 heavy (non-hydrogen) atoms. The van der Waals surface area contributed by atoms with Gasteiger partial charge in [0.1, 0.15) is 4.90 Å². The van der Waals surface area contributed by atoms with E-state index in [0.29, 0.717) is 13.0 Å². The Balaban J connectivity index is 2.10. The van der Waals surface area contributed by atoms with E-state index in [0.717, 1.165) is 25.7 Å². The van der Waals surface area contributed by atoms with Crippen LogP contribution in [0.3, 0.4) is 0 Å². The Kier molecular flexibility index (Phi) is 5.17. The third kappa shape index (κ3) is 3.39. The molecule has 0 bridgehead atoms. The third-order valence-corrected chi connectivity index (χ3v) is 5.78. The van der Waals surface area contributed by atoms with E-state index in [-0.39, 0.29) is 17.5 Å². The van der Waals surface area contributed by atoms with Crippen LogP contribution in [0.1, 0.15) is 38.5 Å². The van der Waals surface area contributed by atoms with Crippen molar-refractivity contribution in [2.24, 2.45) is 0 Å². The van der Waals surface area contributed by atoms with Crippen molar-refractivity contribution in [3.63, 3.8) is 0 Å². The summed E-state index contributed by atoms with van der Waals surface area (Å²) in [4.78, 5) is 0.239. The number of nitrogens with zero attached hydrogens (tertiary/aromatic N) is 3. The molecule has 1 N–H and O–H groups in total. The molecule has 0 radical (unpaired) electrons. The molecule has 1 aliphatic rings. The van der Waals surface area contributed by atoms with Crippen LogP contribution in [0.5, 0.6) is 0 Å². The molecule has 1 aliphatic carbocycles. The molecule has 0 aromatic carbocycles. The summed E-state index contributed by atoms with van der Waals surface area (Å²) in [5.74, 6) is 0. The second-order valence-electron chi connectivity index (χ2n) is 5.33. The number of rotatable bonds is 6. The van der Waals surface area contributed by atoms with Gasteiger partial charge in [0.15, 0.2) is 0 Å². The van der Waals surface area contributed by atoms with E-state index in [4.69, 9.17) is 5.11 Å². The summed E-state index contributed by atoms with van der Waals surface area (Å²) in [7, 11) is -1.79. The van der Waals surface area contributed by atoms with Gasteiger partial charge < -0.3 is 5.11 Å². The zero-order chi connectivity index (χ0) is 14.6. The van der Waals surface area contributed by atoms with Gasteiger partial charge in [0.05, 0.1) is 6.20 Å². The van der Waals surface area contributed by atoms with Crippen LogP contribution in [0.4, 0.5) is 0 Å². The van der Waals surface area contributed by atoms with Crippen molar-refractivity contribution in [3.8, 4) is 0 Å².